The fourth-order valence-electron chi connectivity index (χ4n) is 1.92. The molecule has 21 heavy (non-hydrogen) atoms. The van der Waals surface area contributed by atoms with Crippen molar-refractivity contribution in [2.24, 2.45) is 4.99 Å². The number of benzene rings is 1. The van der Waals surface area contributed by atoms with Gasteiger partial charge >= 0.3 is 0 Å². The van der Waals surface area contributed by atoms with E-state index in [4.69, 9.17) is 4.74 Å². The van der Waals surface area contributed by atoms with E-state index in [0.717, 1.165) is 11.5 Å². The van der Waals surface area contributed by atoms with Crippen LogP contribution in [0.15, 0.2) is 29.3 Å². The Kier molecular flexibility index (Phi) is 7.15. The van der Waals surface area contributed by atoms with Crippen LogP contribution < -0.4 is 10.6 Å². The van der Waals surface area contributed by atoms with Crippen molar-refractivity contribution in [2.45, 2.75) is 26.2 Å². The Morgan fingerprint density at radius 2 is 2.10 bits per heavy atom. The van der Waals surface area contributed by atoms with Gasteiger partial charge in [0.1, 0.15) is 5.82 Å². The highest BCUT2D eigenvalue weighted by Crippen LogP contribution is 2.22. The lowest BCUT2D eigenvalue weighted by atomic mass is 9.84. The summed E-state index contributed by atoms with van der Waals surface area (Å²) in [4.78, 5) is 4.16. The summed E-state index contributed by atoms with van der Waals surface area (Å²) in [6.07, 6.45) is 0. The molecule has 0 aliphatic rings. The Morgan fingerprint density at radius 3 is 2.71 bits per heavy atom. The lowest BCUT2D eigenvalue weighted by Gasteiger charge is -2.26. The summed E-state index contributed by atoms with van der Waals surface area (Å²) in [5.74, 6) is 0.513. The second-order valence-electron chi connectivity index (χ2n) is 5.44. The zero-order valence-corrected chi connectivity index (χ0v) is 13.4. The molecule has 4 nitrogen and oxygen atoms in total. The van der Waals surface area contributed by atoms with Gasteiger partial charge in [0.2, 0.25) is 0 Å². The fraction of sp³-hybridized carbons (Fsp3) is 0.562. The maximum absolute atomic E-state index is 13.3. The van der Waals surface area contributed by atoms with Gasteiger partial charge in [0.05, 0.1) is 6.61 Å². The Balaban J connectivity index is 2.51. The van der Waals surface area contributed by atoms with Gasteiger partial charge in [0, 0.05) is 32.2 Å². The molecule has 0 bridgehead atoms. The van der Waals surface area contributed by atoms with Crippen LogP contribution in [-0.2, 0) is 10.2 Å². The molecule has 0 saturated carbocycles. The SMILES string of the molecule is CCOCCNC(=NC)NCC(C)(C)c1cccc(F)c1. The lowest BCUT2D eigenvalue weighted by molar-refractivity contribution is 0.152. The highest BCUT2D eigenvalue weighted by atomic mass is 19.1. The van der Waals surface area contributed by atoms with Gasteiger partial charge in [-0.25, -0.2) is 4.39 Å². The zero-order valence-electron chi connectivity index (χ0n) is 13.4. The maximum atomic E-state index is 13.3. The van der Waals surface area contributed by atoms with E-state index >= 15 is 0 Å². The zero-order chi connectivity index (χ0) is 15.7. The first-order chi connectivity index (χ1) is 9.99. The van der Waals surface area contributed by atoms with Crippen molar-refractivity contribution in [1.82, 2.24) is 10.6 Å². The minimum absolute atomic E-state index is 0.195. The number of rotatable bonds is 7. The van der Waals surface area contributed by atoms with Gasteiger partial charge in [-0.2, -0.15) is 0 Å². The maximum Gasteiger partial charge on any atom is 0.191 e. The first-order valence-corrected chi connectivity index (χ1v) is 7.28. The molecule has 0 aliphatic heterocycles. The molecule has 2 N–H and O–H groups in total. The molecule has 0 amide bonds. The molecule has 1 aromatic carbocycles. The molecule has 0 radical (unpaired) electrons. The largest absolute Gasteiger partial charge is 0.380 e. The average molecular weight is 295 g/mol. The number of hydrogen-bond acceptors (Lipinski definition) is 2. The van der Waals surface area contributed by atoms with Gasteiger partial charge in [-0.15, -0.1) is 0 Å². The third kappa shape index (κ3) is 6.12. The number of aliphatic imine (C=N–C) groups is 1. The van der Waals surface area contributed by atoms with Crippen molar-refractivity contribution in [3.8, 4) is 0 Å². The van der Waals surface area contributed by atoms with Gasteiger partial charge < -0.3 is 15.4 Å². The molecule has 0 spiro atoms. The van der Waals surface area contributed by atoms with Gasteiger partial charge in [-0.05, 0) is 24.6 Å². The molecule has 0 heterocycles. The van der Waals surface area contributed by atoms with E-state index in [1.165, 1.54) is 6.07 Å². The Hall–Kier alpha value is -1.62. The Bertz CT molecular complexity index is 461. The van der Waals surface area contributed by atoms with Crippen molar-refractivity contribution < 1.29 is 9.13 Å². The summed E-state index contributed by atoms with van der Waals surface area (Å²) in [7, 11) is 1.73. The van der Waals surface area contributed by atoms with Crippen molar-refractivity contribution >= 4 is 5.96 Å². The average Bonchev–Trinajstić information content (AvgIpc) is 2.46. The van der Waals surface area contributed by atoms with Crippen LogP contribution in [0.4, 0.5) is 4.39 Å². The minimum atomic E-state index is -0.209. The standard InChI is InChI=1S/C16H26FN3O/c1-5-21-10-9-19-15(18-4)20-12-16(2,3)13-7-6-8-14(17)11-13/h6-8,11H,5,9-10,12H2,1-4H3,(H2,18,19,20). The van der Waals surface area contributed by atoms with Crippen LogP contribution in [0.1, 0.15) is 26.3 Å². The smallest absolute Gasteiger partial charge is 0.191 e. The van der Waals surface area contributed by atoms with E-state index in [0.29, 0.717) is 26.3 Å². The predicted molar refractivity (Wildman–Crippen MR) is 85.3 cm³/mol. The summed E-state index contributed by atoms with van der Waals surface area (Å²) < 4.78 is 18.6. The van der Waals surface area contributed by atoms with Crippen LogP contribution >= 0.6 is 0 Å². The summed E-state index contributed by atoms with van der Waals surface area (Å²) >= 11 is 0. The van der Waals surface area contributed by atoms with E-state index in [9.17, 15) is 4.39 Å². The summed E-state index contributed by atoms with van der Waals surface area (Å²) in [6, 6.07) is 6.71. The number of ether oxygens (including phenoxy) is 1. The van der Waals surface area contributed by atoms with Crippen molar-refractivity contribution in [3.63, 3.8) is 0 Å². The first kappa shape index (κ1) is 17.4. The second kappa shape index (κ2) is 8.62. The van der Waals surface area contributed by atoms with Crippen LogP contribution in [0.25, 0.3) is 0 Å². The van der Waals surface area contributed by atoms with Crippen LogP contribution in [0, 0.1) is 5.82 Å². The molecular formula is C16H26FN3O. The Labute approximate surface area is 126 Å². The highest BCUT2D eigenvalue weighted by molar-refractivity contribution is 5.79. The van der Waals surface area contributed by atoms with Gasteiger partial charge in [-0.1, -0.05) is 26.0 Å². The molecule has 0 unspecified atom stereocenters. The molecule has 118 valence electrons. The third-order valence-electron chi connectivity index (χ3n) is 3.27. The summed E-state index contributed by atoms with van der Waals surface area (Å²) in [5, 5.41) is 6.44. The summed E-state index contributed by atoms with van der Waals surface area (Å²) in [5.41, 5.74) is 0.763. The number of hydrogen-bond donors (Lipinski definition) is 2. The molecular weight excluding hydrogens is 269 g/mol. The molecule has 0 aliphatic carbocycles. The minimum Gasteiger partial charge on any atom is -0.380 e. The van der Waals surface area contributed by atoms with Crippen LogP contribution in [-0.4, -0.2) is 39.3 Å². The topological polar surface area (TPSA) is 45.6 Å². The van der Waals surface area contributed by atoms with Crippen LogP contribution in [0.2, 0.25) is 0 Å². The highest BCUT2D eigenvalue weighted by Gasteiger charge is 2.21. The van der Waals surface area contributed by atoms with Crippen molar-refractivity contribution in [1.29, 1.82) is 0 Å². The quantitative estimate of drug-likeness (QED) is 0.461. The molecule has 1 rings (SSSR count). The number of halogens is 1. The number of nitrogens with one attached hydrogen (secondary N) is 2. The van der Waals surface area contributed by atoms with Crippen molar-refractivity contribution in [2.75, 3.05) is 33.4 Å². The Morgan fingerprint density at radius 1 is 1.33 bits per heavy atom. The summed E-state index contributed by atoms with van der Waals surface area (Å²) in [6.45, 7) is 8.82. The normalized spacial score (nSPS) is 12.3. The molecule has 0 fully saturated rings. The van der Waals surface area contributed by atoms with E-state index < -0.39 is 0 Å². The molecule has 0 atom stereocenters. The first-order valence-electron chi connectivity index (χ1n) is 7.28. The molecule has 5 heteroatoms. The predicted octanol–water partition coefficient (Wildman–Crippen LogP) is 2.30. The van der Waals surface area contributed by atoms with Crippen LogP contribution in [0.5, 0.6) is 0 Å². The van der Waals surface area contributed by atoms with E-state index in [1.54, 1.807) is 19.2 Å². The van der Waals surface area contributed by atoms with E-state index in [2.05, 4.69) is 29.5 Å². The monoisotopic (exact) mass is 295 g/mol. The van der Waals surface area contributed by atoms with Gasteiger partial charge in [0.15, 0.2) is 5.96 Å². The van der Waals surface area contributed by atoms with Crippen molar-refractivity contribution in [3.05, 3.63) is 35.6 Å². The number of nitrogens with zero attached hydrogens (tertiary/aromatic N) is 1. The molecule has 1 aromatic rings. The van der Waals surface area contributed by atoms with Gasteiger partial charge in [0.25, 0.3) is 0 Å². The second-order valence-corrected chi connectivity index (χ2v) is 5.44. The number of guanidine groups is 1. The van der Waals surface area contributed by atoms with E-state index in [-0.39, 0.29) is 11.2 Å². The van der Waals surface area contributed by atoms with Gasteiger partial charge in [-0.3, -0.25) is 4.99 Å². The lowest BCUT2D eigenvalue weighted by Crippen LogP contribution is -2.44. The molecule has 0 aromatic heterocycles. The van der Waals surface area contributed by atoms with Crippen LogP contribution in [0.3, 0.4) is 0 Å². The molecule has 0 saturated heterocycles. The van der Waals surface area contributed by atoms with E-state index in [1.807, 2.05) is 13.0 Å². The fourth-order valence-corrected chi connectivity index (χ4v) is 1.92. The third-order valence-corrected chi connectivity index (χ3v) is 3.27.